The van der Waals surface area contributed by atoms with E-state index in [-0.39, 0.29) is 0 Å². The number of carbonyl (C=O) groups excluding carboxylic acids is 1. The highest BCUT2D eigenvalue weighted by molar-refractivity contribution is 5.83. The number of aliphatic hydroxyl groups excluding tert-OH is 4. The van der Waals surface area contributed by atoms with Crippen LogP contribution in [0.25, 0.3) is 0 Å². The van der Waals surface area contributed by atoms with Gasteiger partial charge in [-0.25, -0.2) is 0 Å². The van der Waals surface area contributed by atoms with E-state index >= 15 is 0 Å². The molecule has 122 valence electrons. The largest absolute Gasteiger partial charge is 0.480 e. The molecule has 1 unspecified atom stereocenters. The van der Waals surface area contributed by atoms with Crippen LogP contribution in [0.4, 0.5) is 0 Å². The van der Waals surface area contributed by atoms with Gasteiger partial charge in [0.1, 0.15) is 37.1 Å². The summed E-state index contributed by atoms with van der Waals surface area (Å²) in [6, 6.07) is -1.12. The van der Waals surface area contributed by atoms with Crippen LogP contribution in [0.2, 0.25) is 0 Å². The molecule has 0 saturated carbocycles. The van der Waals surface area contributed by atoms with Gasteiger partial charge < -0.3 is 40.3 Å². The fourth-order valence-electron chi connectivity index (χ4n) is 1.78. The summed E-state index contributed by atoms with van der Waals surface area (Å²) in [5.74, 6) is -2.00. The zero-order chi connectivity index (χ0) is 16.2. The van der Waals surface area contributed by atoms with Crippen LogP contribution >= 0.6 is 0 Å². The molecule has 1 aliphatic heterocycles. The lowest BCUT2D eigenvalue weighted by Gasteiger charge is -2.39. The Kier molecular flexibility index (Phi) is 6.45. The molecule has 1 aliphatic rings. The van der Waals surface area contributed by atoms with Crippen molar-refractivity contribution in [1.82, 2.24) is 5.32 Å². The average Bonchev–Trinajstić information content (AvgIpc) is 2.42. The van der Waals surface area contributed by atoms with Crippen LogP contribution in [0.15, 0.2) is 0 Å². The predicted octanol–water partition coefficient (Wildman–Crippen LogP) is -3.61. The number of hydrogen-bond acceptors (Lipinski definition) is 8. The van der Waals surface area contributed by atoms with Gasteiger partial charge in [0.05, 0.1) is 6.61 Å². The third-order valence-electron chi connectivity index (χ3n) is 3.00. The number of carboxylic acids is 1. The van der Waals surface area contributed by atoms with E-state index in [2.05, 4.69) is 5.32 Å². The van der Waals surface area contributed by atoms with Gasteiger partial charge in [-0.2, -0.15) is 0 Å². The van der Waals surface area contributed by atoms with Gasteiger partial charge in [-0.05, 0) is 6.92 Å². The molecule has 0 radical (unpaired) electrons. The lowest BCUT2D eigenvalue weighted by atomic mass is 9.99. The van der Waals surface area contributed by atoms with Crippen molar-refractivity contribution in [2.75, 3.05) is 13.2 Å². The number of aliphatic carboxylic acids is 1. The molecule has 0 aliphatic carbocycles. The molecule has 0 aromatic carbocycles. The Bertz CT molecular complexity index is 377. The number of nitrogens with one attached hydrogen (secondary N) is 1. The van der Waals surface area contributed by atoms with Gasteiger partial charge in [-0.3, -0.25) is 9.59 Å². The number of aliphatic hydroxyl groups is 4. The van der Waals surface area contributed by atoms with Crippen molar-refractivity contribution in [3.8, 4) is 0 Å². The molecule has 10 heteroatoms. The fraction of sp³-hybridized carbons (Fsp3) is 0.818. The summed E-state index contributed by atoms with van der Waals surface area (Å²) >= 11 is 0. The molecule has 1 rings (SSSR count). The average molecular weight is 309 g/mol. The Hall–Kier alpha value is -1.30. The molecule has 1 amide bonds. The van der Waals surface area contributed by atoms with Gasteiger partial charge in [-0.15, -0.1) is 0 Å². The molecule has 0 spiro atoms. The molecule has 21 heavy (non-hydrogen) atoms. The number of rotatable bonds is 6. The first-order valence-corrected chi connectivity index (χ1v) is 6.22. The second-order valence-electron chi connectivity index (χ2n) is 4.63. The molecule has 1 heterocycles. The lowest BCUT2D eigenvalue weighted by molar-refractivity contribution is -0.293. The molecule has 0 aromatic rings. The molecular weight excluding hydrogens is 290 g/mol. The zero-order valence-corrected chi connectivity index (χ0v) is 11.2. The minimum Gasteiger partial charge on any atom is -0.480 e. The van der Waals surface area contributed by atoms with E-state index in [9.17, 15) is 24.9 Å². The van der Waals surface area contributed by atoms with Crippen molar-refractivity contribution in [2.45, 2.75) is 43.7 Å². The monoisotopic (exact) mass is 309 g/mol. The van der Waals surface area contributed by atoms with E-state index in [1.165, 1.54) is 6.92 Å². The van der Waals surface area contributed by atoms with E-state index in [0.717, 1.165) is 0 Å². The van der Waals surface area contributed by atoms with Crippen LogP contribution in [0.1, 0.15) is 6.92 Å². The SMILES string of the molecule is C[C@H](NC(=O)CO[C@H]1[C@H](O)[C@@H](CO)OC(O)[C@@H]1O)C(=O)O. The summed E-state index contributed by atoms with van der Waals surface area (Å²) in [6.07, 6.45) is -7.30. The van der Waals surface area contributed by atoms with Crippen molar-refractivity contribution in [2.24, 2.45) is 0 Å². The molecule has 6 atom stereocenters. The highest BCUT2D eigenvalue weighted by Gasteiger charge is 2.44. The Balaban J connectivity index is 2.55. The van der Waals surface area contributed by atoms with Gasteiger partial charge in [0.15, 0.2) is 6.29 Å². The van der Waals surface area contributed by atoms with E-state index in [1.54, 1.807) is 0 Å². The Morgan fingerprint density at radius 2 is 1.90 bits per heavy atom. The van der Waals surface area contributed by atoms with Crippen LogP contribution in [-0.2, 0) is 19.1 Å². The van der Waals surface area contributed by atoms with Crippen LogP contribution in [0.3, 0.4) is 0 Å². The highest BCUT2D eigenvalue weighted by atomic mass is 16.6. The summed E-state index contributed by atoms with van der Waals surface area (Å²) in [7, 11) is 0. The van der Waals surface area contributed by atoms with E-state index in [4.69, 9.17) is 19.7 Å². The first-order valence-electron chi connectivity index (χ1n) is 6.22. The predicted molar refractivity (Wildman–Crippen MR) is 65.0 cm³/mol. The number of ether oxygens (including phenoxy) is 2. The Morgan fingerprint density at radius 1 is 1.29 bits per heavy atom. The lowest BCUT2D eigenvalue weighted by Crippen LogP contribution is -2.60. The van der Waals surface area contributed by atoms with Crippen LogP contribution in [0, 0.1) is 0 Å². The van der Waals surface area contributed by atoms with E-state index in [0.29, 0.717) is 0 Å². The Labute approximate surface area is 119 Å². The van der Waals surface area contributed by atoms with E-state index < -0.39 is 61.8 Å². The van der Waals surface area contributed by atoms with Crippen molar-refractivity contribution in [3.63, 3.8) is 0 Å². The number of carbonyl (C=O) groups is 2. The van der Waals surface area contributed by atoms with Gasteiger partial charge >= 0.3 is 5.97 Å². The maximum atomic E-state index is 11.4. The third-order valence-corrected chi connectivity index (χ3v) is 3.00. The minimum atomic E-state index is -1.68. The normalized spacial score (nSPS) is 34.2. The minimum absolute atomic E-state index is 0.618. The highest BCUT2D eigenvalue weighted by Crippen LogP contribution is 2.22. The summed E-state index contributed by atoms with van der Waals surface area (Å²) in [5.41, 5.74) is 0. The first-order chi connectivity index (χ1) is 9.77. The zero-order valence-electron chi connectivity index (χ0n) is 11.2. The number of hydrogen-bond donors (Lipinski definition) is 6. The molecule has 1 fully saturated rings. The second-order valence-corrected chi connectivity index (χ2v) is 4.63. The topological polar surface area (TPSA) is 166 Å². The van der Waals surface area contributed by atoms with Gasteiger partial charge in [-0.1, -0.05) is 0 Å². The van der Waals surface area contributed by atoms with Gasteiger partial charge in [0.2, 0.25) is 5.91 Å². The van der Waals surface area contributed by atoms with Gasteiger partial charge in [0, 0.05) is 0 Å². The van der Waals surface area contributed by atoms with E-state index in [1.807, 2.05) is 0 Å². The number of carboxylic acid groups (broad SMARTS) is 1. The maximum absolute atomic E-state index is 11.4. The third kappa shape index (κ3) is 4.59. The summed E-state index contributed by atoms with van der Waals surface area (Å²) in [6.45, 7) is -0.00174. The second kappa shape index (κ2) is 7.64. The van der Waals surface area contributed by atoms with Crippen molar-refractivity contribution < 1.29 is 44.6 Å². The van der Waals surface area contributed by atoms with Crippen molar-refractivity contribution in [3.05, 3.63) is 0 Å². The van der Waals surface area contributed by atoms with Crippen LogP contribution < -0.4 is 5.32 Å². The smallest absolute Gasteiger partial charge is 0.325 e. The molecule has 1 saturated heterocycles. The standard InChI is InChI=1S/C11H19NO9/c1-4(10(17)18)12-6(14)3-20-9-7(15)5(2-13)21-11(19)8(9)16/h4-5,7-9,11,13,15-16,19H,2-3H2,1H3,(H,12,14)(H,17,18)/t4-,5+,7+,8+,9-,11?/m0/s1. The summed E-state index contributed by atoms with van der Waals surface area (Å²) in [5, 5.41) is 48.5. The van der Waals surface area contributed by atoms with Gasteiger partial charge in [0.25, 0.3) is 0 Å². The van der Waals surface area contributed by atoms with Crippen LogP contribution in [-0.4, -0.2) is 87.4 Å². The van der Waals surface area contributed by atoms with Crippen LogP contribution in [0.5, 0.6) is 0 Å². The molecule has 0 bridgehead atoms. The molecule has 0 aromatic heterocycles. The summed E-state index contributed by atoms with van der Waals surface area (Å²) in [4.78, 5) is 22.0. The molecule has 6 N–H and O–H groups in total. The Morgan fingerprint density at radius 3 is 2.43 bits per heavy atom. The molecule has 10 nitrogen and oxygen atoms in total. The van der Waals surface area contributed by atoms with Crippen molar-refractivity contribution in [1.29, 1.82) is 0 Å². The van der Waals surface area contributed by atoms with Crippen molar-refractivity contribution >= 4 is 11.9 Å². The number of amides is 1. The summed E-state index contributed by atoms with van der Waals surface area (Å²) < 4.78 is 9.74. The quantitative estimate of drug-likeness (QED) is 0.290. The fourth-order valence-corrected chi connectivity index (χ4v) is 1.78. The molecular formula is C11H19NO9. The first kappa shape index (κ1) is 17.8. The maximum Gasteiger partial charge on any atom is 0.325 e.